The van der Waals surface area contributed by atoms with Crippen molar-refractivity contribution in [2.45, 2.75) is 38.6 Å². The Hall–Kier alpha value is -1.35. The van der Waals surface area contributed by atoms with Gasteiger partial charge in [0.2, 0.25) is 0 Å². The summed E-state index contributed by atoms with van der Waals surface area (Å²) >= 11 is 1.74. The summed E-state index contributed by atoms with van der Waals surface area (Å²) in [5, 5.41) is 11.2. The highest BCUT2D eigenvalue weighted by molar-refractivity contribution is 14.0. The van der Waals surface area contributed by atoms with Crippen molar-refractivity contribution in [2.24, 2.45) is 4.99 Å². The SMILES string of the molecule is CN=C(NCc1ccnc(N2CCCCC2)c1)NCC(C)c1ccsc1.I. The molecule has 2 N–H and O–H groups in total. The van der Waals surface area contributed by atoms with Gasteiger partial charge in [-0.05, 0) is 65.3 Å². The van der Waals surface area contributed by atoms with Gasteiger partial charge in [-0.1, -0.05) is 6.92 Å². The molecule has 0 aliphatic carbocycles. The number of rotatable bonds is 6. The zero-order chi connectivity index (χ0) is 18.2. The van der Waals surface area contributed by atoms with E-state index in [1.54, 1.807) is 11.3 Å². The van der Waals surface area contributed by atoms with Crippen molar-refractivity contribution in [3.05, 3.63) is 46.3 Å². The molecule has 27 heavy (non-hydrogen) atoms. The smallest absolute Gasteiger partial charge is 0.191 e. The van der Waals surface area contributed by atoms with Gasteiger partial charge in [-0.2, -0.15) is 11.3 Å². The predicted octanol–water partition coefficient (Wildman–Crippen LogP) is 4.22. The first kappa shape index (κ1) is 21.9. The number of hydrogen-bond donors (Lipinski definition) is 2. The van der Waals surface area contributed by atoms with Crippen molar-refractivity contribution in [1.29, 1.82) is 0 Å². The lowest BCUT2D eigenvalue weighted by Crippen LogP contribution is -2.38. The van der Waals surface area contributed by atoms with Crippen LogP contribution in [0.4, 0.5) is 5.82 Å². The summed E-state index contributed by atoms with van der Waals surface area (Å²) in [5.74, 6) is 2.40. The van der Waals surface area contributed by atoms with E-state index in [0.717, 1.165) is 38.0 Å². The maximum atomic E-state index is 4.55. The number of pyridine rings is 1. The number of nitrogens with one attached hydrogen (secondary N) is 2. The van der Waals surface area contributed by atoms with Crippen LogP contribution in [0, 0.1) is 0 Å². The Kier molecular flexibility index (Phi) is 9.33. The molecular formula is C20H30IN5S. The van der Waals surface area contributed by atoms with Gasteiger partial charge in [-0.3, -0.25) is 4.99 Å². The number of aromatic nitrogens is 1. The summed E-state index contributed by atoms with van der Waals surface area (Å²) in [4.78, 5) is 11.3. The molecule has 3 heterocycles. The fourth-order valence-corrected chi connectivity index (χ4v) is 3.98. The number of thiophene rings is 1. The summed E-state index contributed by atoms with van der Waals surface area (Å²) in [6.07, 6.45) is 5.78. The van der Waals surface area contributed by atoms with Crippen molar-refractivity contribution < 1.29 is 0 Å². The highest BCUT2D eigenvalue weighted by atomic mass is 127. The summed E-state index contributed by atoms with van der Waals surface area (Å²) in [5.41, 5.74) is 2.60. The Bertz CT molecular complexity index is 698. The van der Waals surface area contributed by atoms with Gasteiger partial charge >= 0.3 is 0 Å². The van der Waals surface area contributed by atoms with Gasteiger partial charge in [-0.15, -0.1) is 24.0 Å². The molecule has 1 aliphatic heterocycles. The molecule has 0 amide bonds. The van der Waals surface area contributed by atoms with Crippen molar-refractivity contribution in [3.8, 4) is 0 Å². The van der Waals surface area contributed by atoms with Gasteiger partial charge < -0.3 is 15.5 Å². The van der Waals surface area contributed by atoms with Crippen LogP contribution in [0.15, 0.2) is 40.1 Å². The number of hydrogen-bond acceptors (Lipinski definition) is 4. The lowest BCUT2D eigenvalue weighted by molar-refractivity contribution is 0.573. The van der Waals surface area contributed by atoms with Crippen LogP contribution in [0.5, 0.6) is 0 Å². The minimum absolute atomic E-state index is 0. The number of anilines is 1. The van der Waals surface area contributed by atoms with Gasteiger partial charge in [0.25, 0.3) is 0 Å². The Morgan fingerprint density at radius 3 is 2.78 bits per heavy atom. The third-order valence-electron chi connectivity index (χ3n) is 4.86. The minimum Gasteiger partial charge on any atom is -0.357 e. The Morgan fingerprint density at radius 2 is 2.07 bits per heavy atom. The first-order chi connectivity index (χ1) is 12.8. The van der Waals surface area contributed by atoms with E-state index in [-0.39, 0.29) is 24.0 Å². The third-order valence-corrected chi connectivity index (χ3v) is 5.56. The van der Waals surface area contributed by atoms with E-state index in [1.165, 1.54) is 30.4 Å². The molecule has 0 radical (unpaired) electrons. The van der Waals surface area contributed by atoms with E-state index in [4.69, 9.17) is 0 Å². The van der Waals surface area contributed by atoms with Crippen molar-refractivity contribution in [3.63, 3.8) is 0 Å². The maximum Gasteiger partial charge on any atom is 0.191 e. The van der Waals surface area contributed by atoms with Gasteiger partial charge in [0.05, 0.1) is 0 Å². The van der Waals surface area contributed by atoms with Crippen molar-refractivity contribution >= 4 is 47.1 Å². The second-order valence-corrected chi connectivity index (χ2v) is 7.61. The Balaban J connectivity index is 0.00000261. The average Bonchev–Trinajstić information content (AvgIpc) is 3.24. The van der Waals surface area contributed by atoms with Crippen LogP contribution in [-0.2, 0) is 6.54 Å². The van der Waals surface area contributed by atoms with E-state index in [2.05, 4.69) is 61.4 Å². The quantitative estimate of drug-likeness (QED) is 0.355. The molecule has 0 saturated carbocycles. The number of guanidine groups is 1. The number of piperidine rings is 1. The lowest BCUT2D eigenvalue weighted by atomic mass is 10.1. The fourth-order valence-electron chi connectivity index (χ4n) is 3.20. The Labute approximate surface area is 183 Å². The lowest BCUT2D eigenvalue weighted by Gasteiger charge is -2.28. The number of nitrogens with zero attached hydrogens (tertiary/aromatic N) is 3. The summed E-state index contributed by atoms with van der Waals surface area (Å²) in [6, 6.07) is 6.45. The highest BCUT2D eigenvalue weighted by Crippen LogP contribution is 2.18. The van der Waals surface area contributed by atoms with Crippen molar-refractivity contribution in [2.75, 3.05) is 31.6 Å². The highest BCUT2D eigenvalue weighted by Gasteiger charge is 2.12. The maximum absolute atomic E-state index is 4.55. The standard InChI is InChI=1S/C20H29N5S.HI/c1-16(18-7-11-26-15-18)13-23-20(21-2)24-14-17-6-8-22-19(12-17)25-9-4-3-5-10-25;/h6-8,11-12,15-16H,3-5,9-10,13-14H2,1-2H3,(H2,21,23,24);1H. The normalized spacial score (nSPS) is 15.8. The fraction of sp³-hybridized carbons (Fsp3) is 0.500. The molecule has 148 valence electrons. The minimum atomic E-state index is 0. The first-order valence-corrected chi connectivity index (χ1v) is 10.4. The molecule has 1 unspecified atom stereocenters. The van der Waals surface area contributed by atoms with Crippen LogP contribution in [-0.4, -0.2) is 37.6 Å². The summed E-state index contributed by atoms with van der Waals surface area (Å²) < 4.78 is 0. The summed E-state index contributed by atoms with van der Waals surface area (Å²) in [7, 11) is 1.82. The zero-order valence-corrected chi connectivity index (χ0v) is 19.3. The number of halogens is 1. The van der Waals surface area contributed by atoms with Crippen LogP contribution in [0.25, 0.3) is 0 Å². The van der Waals surface area contributed by atoms with Crippen LogP contribution in [0.2, 0.25) is 0 Å². The molecule has 0 bridgehead atoms. The van der Waals surface area contributed by atoms with E-state index < -0.39 is 0 Å². The van der Waals surface area contributed by atoms with Crippen molar-refractivity contribution in [1.82, 2.24) is 15.6 Å². The molecule has 2 aromatic heterocycles. The molecule has 0 spiro atoms. The molecule has 0 aromatic carbocycles. The van der Waals surface area contributed by atoms with Gasteiger partial charge in [0.15, 0.2) is 5.96 Å². The number of aliphatic imine (C=N–C) groups is 1. The summed E-state index contributed by atoms with van der Waals surface area (Å²) in [6.45, 7) is 6.08. The molecule has 1 fully saturated rings. The van der Waals surface area contributed by atoms with Gasteiger partial charge in [-0.25, -0.2) is 4.98 Å². The zero-order valence-electron chi connectivity index (χ0n) is 16.1. The molecule has 1 saturated heterocycles. The molecule has 1 aliphatic rings. The van der Waals surface area contributed by atoms with Crippen LogP contribution >= 0.6 is 35.3 Å². The topological polar surface area (TPSA) is 52.6 Å². The van der Waals surface area contributed by atoms with Crippen LogP contribution in [0.3, 0.4) is 0 Å². The van der Waals surface area contributed by atoms with E-state index in [0.29, 0.717) is 5.92 Å². The largest absolute Gasteiger partial charge is 0.357 e. The molecule has 1 atom stereocenters. The van der Waals surface area contributed by atoms with Crippen LogP contribution in [0.1, 0.15) is 43.2 Å². The van der Waals surface area contributed by atoms with E-state index >= 15 is 0 Å². The predicted molar refractivity (Wildman–Crippen MR) is 127 cm³/mol. The van der Waals surface area contributed by atoms with E-state index in [9.17, 15) is 0 Å². The molecule has 7 heteroatoms. The molecule has 5 nitrogen and oxygen atoms in total. The van der Waals surface area contributed by atoms with Gasteiger partial charge in [0, 0.05) is 39.4 Å². The van der Waals surface area contributed by atoms with E-state index in [1.807, 2.05) is 13.2 Å². The molecule has 2 aromatic rings. The monoisotopic (exact) mass is 499 g/mol. The van der Waals surface area contributed by atoms with Crippen LogP contribution < -0.4 is 15.5 Å². The average molecular weight is 499 g/mol. The second-order valence-electron chi connectivity index (χ2n) is 6.83. The molecular weight excluding hydrogens is 469 g/mol. The third kappa shape index (κ3) is 6.64. The first-order valence-electron chi connectivity index (χ1n) is 9.43. The molecule has 3 rings (SSSR count). The van der Waals surface area contributed by atoms with Gasteiger partial charge in [0.1, 0.15) is 5.82 Å². The second kappa shape index (κ2) is 11.5. The Morgan fingerprint density at radius 1 is 1.26 bits per heavy atom.